The van der Waals surface area contributed by atoms with E-state index in [1.807, 2.05) is 0 Å². The fraction of sp³-hybridized carbons (Fsp3) is 0.588. The smallest absolute Gasteiger partial charge is 0.00903 e. The van der Waals surface area contributed by atoms with Crippen molar-refractivity contribution < 1.29 is 0 Å². The third-order valence-corrected chi connectivity index (χ3v) is 3.28. The van der Waals surface area contributed by atoms with Crippen LogP contribution >= 0.6 is 0 Å². The van der Waals surface area contributed by atoms with Crippen molar-refractivity contribution in [3.8, 4) is 0 Å². The number of unbranched alkanes of at least 4 members (excludes halogenated alkanes) is 5. The van der Waals surface area contributed by atoms with E-state index in [0.29, 0.717) is 0 Å². The second kappa shape index (κ2) is 9.27. The van der Waals surface area contributed by atoms with Crippen molar-refractivity contribution in [2.75, 3.05) is 0 Å². The van der Waals surface area contributed by atoms with Crippen molar-refractivity contribution in [2.45, 2.75) is 65.2 Å². The van der Waals surface area contributed by atoms with Gasteiger partial charge in [0.2, 0.25) is 0 Å². The van der Waals surface area contributed by atoms with Crippen LogP contribution in [0, 0.1) is 6.42 Å². The second-order valence-corrected chi connectivity index (χ2v) is 4.86. The highest BCUT2D eigenvalue weighted by Crippen LogP contribution is 2.17. The minimum Gasteiger partial charge on any atom is -0.0654 e. The molecule has 0 bridgehead atoms. The summed E-state index contributed by atoms with van der Waals surface area (Å²) in [7, 11) is 0. The molecule has 0 unspecified atom stereocenters. The Hall–Kier alpha value is -0.780. The average molecular weight is 231 g/mol. The van der Waals surface area contributed by atoms with Crippen LogP contribution in [0.2, 0.25) is 0 Å². The Balaban J connectivity index is 2.40. The highest BCUT2D eigenvalue weighted by molar-refractivity contribution is 5.32. The van der Waals surface area contributed by atoms with Gasteiger partial charge in [-0.15, -0.1) is 0 Å². The van der Waals surface area contributed by atoms with Crippen LogP contribution in [0.1, 0.15) is 69.9 Å². The third-order valence-electron chi connectivity index (χ3n) is 3.28. The van der Waals surface area contributed by atoms with Gasteiger partial charge in [-0.25, -0.2) is 0 Å². The molecule has 1 rings (SSSR count). The van der Waals surface area contributed by atoms with Gasteiger partial charge in [-0.2, -0.15) is 0 Å². The summed E-state index contributed by atoms with van der Waals surface area (Å²) in [5, 5.41) is 0. The van der Waals surface area contributed by atoms with Crippen molar-refractivity contribution >= 4 is 0 Å². The van der Waals surface area contributed by atoms with Crippen LogP contribution in [0.15, 0.2) is 24.3 Å². The van der Waals surface area contributed by atoms with Gasteiger partial charge in [0.05, 0.1) is 0 Å². The van der Waals surface area contributed by atoms with Crippen molar-refractivity contribution in [2.24, 2.45) is 0 Å². The Morgan fingerprint density at radius 3 is 2.41 bits per heavy atom. The monoisotopic (exact) mass is 231 g/mol. The van der Waals surface area contributed by atoms with Crippen LogP contribution < -0.4 is 0 Å². The van der Waals surface area contributed by atoms with Crippen molar-refractivity contribution in [3.05, 3.63) is 41.8 Å². The normalized spacial score (nSPS) is 10.7. The maximum absolute atomic E-state index is 2.42. The molecule has 0 heterocycles. The van der Waals surface area contributed by atoms with Crippen molar-refractivity contribution in [1.82, 2.24) is 0 Å². The van der Waals surface area contributed by atoms with E-state index in [1.165, 1.54) is 56.9 Å². The van der Waals surface area contributed by atoms with Crippen LogP contribution in [0.4, 0.5) is 0 Å². The lowest BCUT2D eigenvalue weighted by Crippen LogP contribution is -1.93. The molecule has 0 nitrogen and oxygen atoms in total. The van der Waals surface area contributed by atoms with E-state index in [-0.39, 0.29) is 0 Å². The predicted octanol–water partition coefficient (Wildman–Crippen LogP) is 5.55. The maximum Gasteiger partial charge on any atom is -0.00903 e. The molecule has 0 saturated carbocycles. The van der Waals surface area contributed by atoms with Gasteiger partial charge >= 0.3 is 0 Å². The van der Waals surface area contributed by atoms with E-state index in [1.54, 1.807) is 5.56 Å². The van der Waals surface area contributed by atoms with E-state index in [9.17, 15) is 0 Å². The summed E-state index contributed by atoms with van der Waals surface area (Å²) in [4.78, 5) is 0. The van der Waals surface area contributed by atoms with Crippen LogP contribution in [-0.2, 0) is 6.42 Å². The summed E-state index contributed by atoms with van der Waals surface area (Å²) in [6.07, 6.45) is 12.9. The molecule has 0 amide bonds. The quantitative estimate of drug-likeness (QED) is 0.489. The summed E-state index contributed by atoms with van der Waals surface area (Å²) in [6.45, 7) is 4.52. The van der Waals surface area contributed by atoms with Crippen LogP contribution in [0.3, 0.4) is 0 Å². The standard InChI is InChI=1S/C17H27/c1-3-5-7-9-13-17-15-11-10-14-16(17)12-8-6-4-2/h10-12,14-15H,3-9,13H2,1-2H3. The summed E-state index contributed by atoms with van der Waals surface area (Å²) in [5.41, 5.74) is 3.01. The molecule has 0 aliphatic carbocycles. The van der Waals surface area contributed by atoms with Gasteiger partial charge in [0.1, 0.15) is 0 Å². The minimum absolute atomic E-state index is 1.22. The lowest BCUT2D eigenvalue weighted by atomic mass is 9.97. The van der Waals surface area contributed by atoms with E-state index in [4.69, 9.17) is 0 Å². The third kappa shape index (κ3) is 5.91. The minimum atomic E-state index is 1.22. The molecule has 0 aromatic heterocycles. The van der Waals surface area contributed by atoms with Gasteiger partial charge < -0.3 is 0 Å². The lowest BCUT2D eigenvalue weighted by molar-refractivity contribution is 0.665. The predicted molar refractivity (Wildman–Crippen MR) is 77.2 cm³/mol. The fourth-order valence-corrected chi connectivity index (χ4v) is 2.16. The van der Waals surface area contributed by atoms with Crippen molar-refractivity contribution in [3.63, 3.8) is 0 Å². The van der Waals surface area contributed by atoms with Gasteiger partial charge in [-0.05, 0) is 36.8 Å². The number of rotatable bonds is 9. The zero-order valence-corrected chi connectivity index (χ0v) is 11.5. The number of hydrogen-bond donors (Lipinski definition) is 0. The Morgan fingerprint density at radius 1 is 0.882 bits per heavy atom. The molecule has 1 aromatic rings. The highest BCUT2D eigenvalue weighted by atomic mass is 14.1. The zero-order valence-electron chi connectivity index (χ0n) is 11.5. The summed E-state index contributed by atoms with van der Waals surface area (Å²) >= 11 is 0. The summed E-state index contributed by atoms with van der Waals surface area (Å²) in [6, 6.07) is 8.90. The summed E-state index contributed by atoms with van der Waals surface area (Å²) in [5.74, 6) is 0. The van der Waals surface area contributed by atoms with Gasteiger partial charge in [0.25, 0.3) is 0 Å². The number of aryl methyl sites for hydroxylation is 1. The molecule has 0 spiro atoms. The molecule has 0 heteroatoms. The lowest BCUT2D eigenvalue weighted by Gasteiger charge is -2.08. The molecule has 95 valence electrons. The van der Waals surface area contributed by atoms with Crippen molar-refractivity contribution in [1.29, 1.82) is 0 Å². The molecule has 0 aliphatic heterocycles. The second-order valence-electron chi connectivity index (χ2n) is 4.86. The molecular weight excluding hydrogens is 204 g/mol. The SMILES string of the molecule is CCCC[CH]c1ccccc1CCCCCC. The first-order valence-electron chi connectivity index (χ1n) is 7.29. The molecule has 0 saturated heterocycles. The average Bonchev–Trinajstić information content (AvgIpc) is 2.36. The fourth-order valence-electron chi connectivity index (χ4n) is 2.16. The first-order chi connectivity index (χ1) is 8.38. The zero-order chi connectivity index (χ0) is 12.3. The Labute approximate surface area is 107 Å². The van der Waals surface area contributed by atoms with E-state index in [0.717, 1.165) is 0 Å². The van der Waals surface area contributed by atoms with Gasteiger partial charge in [-0.3, -0.25) is 0 Å². The molecule has 0 atom stereocenters. The first kappa shape index (κ1) is 14.3. The topological polar surface area (TPSA) is 0 Å². The molecule has 1 aromatic carbocycles. The van der Waals surface area contributed by atoms with Crippen LogP contribution in [0.5, 0.6) is 0 Å². The largest absolute Gasteiger partial charge is 0.0654 e. The Morgan fingerprint density at radius 2 is 1.65 bits per heavy atom. The highest BCUT2D eigenvalue weighted by Gasteiger charge is 2.01. The maximum atomic E-state index is 2.42. The van der Waals surface area contributed by atoms with Gasteiger partial charge in [-0.1, -0.05) is 70.2 Å². The summed E-state index contributed by atoms with van der Waals surface area (Å²) < 4.78 is 0. The van der Waals surface area contributed by atoms with Crippen LogP contribution in [0.25, 0.3) is 0 Å². The molecule has 0 N–H and O–H groups in total. The van der Waals surface area contributed by atoms with Gasteiger partial charge in [0.15, 0.2) is 0 Å². The van der Waals surface area contributed by atoms with E-state index in [2.05, 4.69) is 44.5 Å². The van der Waals surface area contributed by atoms with Crippen LogP contribution in [-0.4, -0.2) is 0 Å². The van der Waals surface area contributed by atoms with E-state index >= 15 is 0 Å². The molecule has 0 fully saturated rings. The number of benzene rings is 1. The van der Waals surface area contributed by atoms with E-state index < -0.39 is 0 Å². The molecule has 1 radical (unpaired) electrons. The molecule has 0 aliphatic rings. The van der Waals surface area contributed by atoms with Gasteiger partial charge in [0, 0.05) is 0 Å². The molecule has 17 heavy (non-hydrogen) atoms. The first-order valence-corrected chi connectivity index (χ1v) is 7.29. The Bertz CT molecular complexity index is 288. The Kier molecular flexibility index (Phi) is 7.79. The molecular formula is C17H27. The number of hydrogen-bond acceptors (Lipinski definition) is 0.